The number of carbonyl (C=O) groups is 2. The van der Waals surface area contributed by atoms with Gasteiger partial charge in [-0.15, -0.1) is 0 Å². The number of nitrogens with one attached hydrogen (secondary N) is 1. The highest BCUT2D eigenvalue weighted by molar-refractivity contribution is 14.1. The van der Waals surface area contributed by atoms with Gasteiger partial charge in [0.1, 0.15) is 0 Å². The normalized spacial score (nSPS) is 11.9. The summed E-state index contributed by atoms with van der Waals surface area (Å²) in [6.45, 7) is 1.88. The lowest BCUT2D eigenvalue weighted by Crippen LogP contribution is -2.32. The zero-order valence-corrected chi connectivity index (χ0v) is 14.2. The first-order valence-electron chi connectivity index (χ1n) is 5.88. The van der Waals surface area contributed by atoms with Gasteiger partial charge in [-0.3, -0.25) is 9.59 Å². The summed E-state index contributed by atoms with van der Waals surface area (Å²) in [5.41, 5.74) is 0.594. The van der Waals surface area contributed by atoms with Gasteiger partial charge in [-0.1, -0.05) is 0 Å². The molecule has 0 saturated heterocycles. The molecule has 0 radical (unpaired) electrons. The Morgan fingerprint density at radius 3 is 2.79 bits per heavy atom. The van der Waals surface area contributed by atoms with Crippen molar-refractivity contribution in [3.63, 3.8) is 0 Å². The van der Waals surface area contributed by atoms with E-state index in [2.05, 4.69) is 43.8 Å². The molecule has 0 spiro atoms. The summed E-state index contributed by atoms with van der Waals surface area (Å²) in [4.78, 5) is 22.5. The summed E-state index contributed by atoms with van der Waals surface area (Å²) >= 11 is 5.50. The predicted molar refractivity (Wildman–Crippen MR) is 85.3 cm³/mol. The van der Waals surface area contributed by atoms with Crippen LogP contribution in [0.15, 0.2) is 22.7 Å². The molecule has 0 aliphatic rings. The van der Waals surface area contributed by atoms with E-state index in [4.69, 9.17) is 5.11 Å². The second-order valence-corrected chi connectivity index (χ2v) is 6.38. The molecule has 19 heavy (non-hydrogen) atoms. The first kappa shape index (κ1) is 16.4. The van der Waals surface area contributed by atoms with Crippen molar-refractivity contribution >= 4 is 50.4 Å². The molecule has 0 bridgehead atoms. The Morgan fingerprint density at radius 1 is 1.47 bits per heavy atom. The standard InChI is InChI=1S/C13H15BrINO3/c1-8(3-2-4-12(17)18)16-13(19)10-7-9(15)5-6-11(10)14/h5-8H,2-4H2,1H3,(H,16,19)(H,17,18). The minimum Gasteiger partial charge on any atom is -0.481 e. The second-order valence-electron chi connectivity index (χ2n) is 4.28. The predicted octanol–water partition coefficient (Wildman–Crippen LogP) is 3.43. The van der Waals surface area contributed by atoms with Crippen LogP contribution >= 0.6 is 38.5 Å². The third-order valence-electron chi connectivity index (χ3n) is 2.58. The van der Waals surface area contributed by atoms with Gasteiger partial charge in [-0.05, 0) is 76.5 Å². The summed E-state index contributed by atoms with van der Waals surface area (Å²) in [6.07, 6.45) is 1.34. The van der Waals surface area contributed by atoms with Gasteiger partial charge in [0.2, 0.25) is 0 Å². The van der Waals surface area contributed by atoms with Gasteiger partial charge >= 0.3 is 5.97 Å². The Kier molecular flexibility index (Phi) is 6.78. The van der Waals surface area contributed by atoms with Crippen molar-refractivity contribution in [2.45, 2.75) is 32.2 Å². The van der Waals surface area contributed by atoms with Crippen molar-refractivity contribution in [1.29, 1.82) is 0 Å². The lowest BCUT2D eigenvalue weighted by Gasteiger charge is -2.14. The number of carboxylic acids is 1. The molecule has 0 fully saturated rings. The molecule has 4 nitrogen and oxygen atoms in total. The van der Waals surface area contributed by atoms with E-state index in [9.17, 15) is 9.59 Å². The van der Waals surface area contributed by atoms with Gasteiger partial charge < -0.3 is 10.4 Å². The van der Waals surface area contributed by atoms with E-state index in [1.807, 2.05) is 25.1 Å². The molecule has 0 aliphatic heterocycles. The zero-order valence-electron chi connectivity index (χ0n) is 10.5. The molecule has 1 unspecified atom stereocenters. The van der Waals surface area contributed by atoms with Crippen LogP contribution in [0, 0.1) is 3.57 Å². The van der Waals surface area contributed by atoms with Crippen molar-refractivity contribution in [2.24, 2.45) is 0 Å². The van der Waals surface area contributed by atoms with Crippen LogP contribution in [0.4, 0.5) is 0 Å². The smallest absolute Gasteiger partial charge is 0.303 e. The molecule has 104 valence electrons. The molecule has 1 atom stereocenters. The number of carbonyl (C=O) groups excluding carboxylic acids is 1. The highest BCUT2D eigenvalue weighted by atomic mass is 127. The maximum Gasteiger partial charge on any atom is 0.303 e. The Morgan fingerprint density at radius 2 is 2.16 bits per heavy atom. The van der Waals surface area contributed by atoms with Gasteiger partial charge in [-0.25, -0.2) is 0 Å². The molecule has 0 aliphatic carbocycles. The lowest BCUT2D eigenvalue weighted by molar-refractivity contribution is -0.137. The second kappa shape index (κ2) is 7.84. The molecule has 0 heterocycles. The summed E-state index contributed by atoms with van der Waals surface area (Å²) in [6, 6.07) is 5.52. The number of carboxylic acid groups (broad SMARTS) is 1. The fraction of sp³-hybridized carbons (Fsp3) is 0.385. The first-order chi connectivity index (χ1) is 8.90. The molecule has 1 rings (SSSR count). The van der Waals surface area contributed by atoms with Crippen LogP contribution in [0.3, 0.4) is 0 Å². The molecule has 0 saturated carbocycles. The molecule has 1 aromatic rings. The molecule has 0 aromatic heterocycles. The van der Waals surface area contributed by atoms with E-state index in [-0.39, 0.29) is 18.4 Å². The van der Waals surface area contributed by atoms with Crippen molar-refractivity contribution in [3.05, 3.63) is 31.8 Å². The van der Waals surface area contributed by atoms with E-state index < -0.39 is 5.97 Å². The lowest BCUT2D eigenvalue weighted by atomic mass is 10.1. The monoisotopic (exact) mass is 439 g/mol. The largest absolute Gasteiger partial charge is 0.481 e. The van der Waals surface area contributed by atoms with E-state index in [0.29, 0.717) is 18.4 Å². The van der Waals surface area contributed by atoms with Crippen LogP contribution < -0.4 is 5.32 Å². The minimum absolute atomic E-state index is 0.0448. The van der Waals surface area contributed by atoms with Crippen LogP contribution in [-0.4, -0.2) is 23.0 Å². The molecule has 1 aromatic carbocycles. The summed E-state index contributed by atoms with van der Waals surface area (Å²) < 4.78 is 1.74. The average molecular weight is 440 g/mol. The number of benzene rings is 1. The van der Waals surface area contributed by atoms with E-state index in [1.54, 1.807) is 0 Å². The maximum atomic E-state index is 12.1. The van der Waals surface area contributed by atoms with Gasteiger partial charge in [-0.2, -0.15) is 0 Å². The number of hydrogen-bond donors (Lipinski definition) is 2. The van der Waals surface area contributed by atoms with Crippen molar-refractivity contribution in [2.75, 3.05) is 0 Å². The van der Waals surface area contributed by atoms with Crippen molar-refractivity contribution < 1.29 is 14.7 Å². The Balaban J connectivity index is 2.54. The fourth-order valence-electron chi connectivity index (χ4n) is 1.60. The topological polar surface area (TPSA) is 66.4 Å². The summed E-state index contributed by atoms with van der Waals surface area (Å²) in [5.74, 6) is -0.952. The van der Waals surface area contributed by atoms with Crippen molar-refractivity contribution in [1.82, 2.24) is 5.32 Å². The van der Waals surface area contributed by atoms with Gasteiger partial charge in [0.25, 0.3) is 5.91 Å². The van der Waals surface area contributed by atoms with Crippen LogP contribution in [0.5, 0.6) is 0 Å². The number of aliphatic carboxylic acids is 1. The minimum atomic E-state index is -0.807. The Labute approximate surface area is 134 Å². The quantitative estimate of drug-likeness (QED) is 0.667. The van der Waals surface area contributed by atoms with Gasteiger partial charge in [0.15, 0.2) is 0 Å². The molecular formula is C13H15BrINO3. The number of hydrogen-bond acceptors (Lipinski definition) is 2. The third kappa shape index (κ3) is 5.90. The zero-order chi connectivity index (χ0) is 14.4. The van der Waals surface area contributed by atoms with Crippen molar-refractivity contribution in [3.8, 4) is 0 Å². The third-order valence-corrected chi connectivity index (χ3v) is 3.94. The number of amides is 1. The Hall–Kier alpha value is -0.630. The van der Waals surface area contributed by atoms with Crippen LogP contribution in [0.2, 0.25) is 0 Å². The summed E-state index contributed by atoms with van der Waals surface area (Å²) in [5, 5.41) is 11.4. The highest BCUT2D eigenvalue weighted by Crippen LogP contribution is 2.19. The van der Waals surface area contributed by atoms with E-state index in [1.165, 1.54) is 0 Å². The van der Waals surface area contributed by atoms with E-state index >= 15 is 0 Å². The maximum absolute atomic E-state index is 12.1. The van der Waals surface area contributed by atoms with Crippen LogP contribution in [-0.2, 0) is 4.79 Å². The Bertz CT molecular complexity index is 479. The number of halogens is 2. The average Bonchev–Trinajstić information content (AvgIpc) is 2.31. The molecule has 2 N–H and O–H groups in total. The van der Waals surface area contributed by atoms with Gasteiger partial charge in [0, 0.05) is 20.5 Å². The van der Waals surface area contributed by atoms with Gasteiger partial charge in [0.05, 0.1) is 5.56 Å². The van der Waals surface area contributed by atoms with Crippen LogP contribution in [0.1, 0.15) is 36.5 Å². The molecule has 1 amide bonds. The fourth-order valence-corrected chi connectivity index (χ4v) is 2.52. The number of rotatable bonds is 6. The molecule has 6 heteroatoms. The SMILES string of the molecule is CC(CCCC(=O)O)NC(=O)c1cc(I)ccc1Br. The highest BCUT2D eigenvalue weighted by Gasteiger charge is 2.13. The van der Waals surface area contributed by atoms with E-state index in [0.717, 1.165) is 8.04 Å². The first-order valence-corrected chi connectivity index (χ1v) is 7.75. The summed E-state index contributed by atoms with van der Waals surface area (Å²) in [7, 11) is 0. The molecular weight excluding hydrogens is 425 g/mol. The van der Waals surface area contributed by atoms with Crippen LogP contribution in [0.25, 0.3) is 0 Å².